The van der Waals surface area contributed by atoms with Crippen LogP contribution in [0.15, 0.2) is 66.7 Å². The largest absolute Gasteiger partial charge is 0.350 e. The molecule has 0 aliphatic rings. The Morgan fingerprint density at radius 2 is 1.62 bits per heavy atom. The van der Waals surface area contributed by atoms with Crippen molar-refractivity contribution in [2.45, 2.75) is 6.92 Å². The molecular weight excluding hydrogens is 376 g/mol. The summed E-state index contributed by atoms with van der Waals surface area (Å²) in [6, 6.07) is 17.1. The Kier molecular flexibility index (Phi) is 5.49. The van der Waals surface area contributed by atoms with Crippen molar-refractivity contribution in [3.63, 3.8) is 0 Å². The highest BCUT2D eigenvalue weighted by Crippen LogP contribution is 2.31. The molecule has 0 saturated carbocycles. The number of non-ortho nitro benzene ring substituents is 1. The van der Waals surface area contributed by atoms with Crippen molar-refractivity contribution in [3.05, 3.63) is 98.1 Å². The van der Waals surface area contributed by atoms with Crippen LogP contribution in [0.3, 0.4) is 0 Å². The van der Waals surface area contributed by atoms with E-state index in [1.54, 1.807) is 30.3 Å². The molecule has 0 bridgehead atoms. The molecule has 0 radical (unpaired) electrons. The summed E-state index contributed by atoms with van der Waals surface area (Å²) in [6.07, 6.45) is 0. The Morgan fingerprint density at radius 1 is 0.862 bits per heavy atom. The molecule has 3 aromatic carbocycles. The highest BCUT2D eigenvalue weighted by molar-refractivity contribution is 6.05. The van der Waals surface area contributed by atoms with Crippen LogP contribution in [0.2, 0.25) is 0 Å². The average Bonchev–Trinajstić information content (AvgIpc) is 2.70. The summed E-state index contributed by atoms with van der Waals surface area (Å²) in [5.74, 6) is -0.332. The lowest BCUT2D eigenvalue weighted by molar-refractivity contribution is -0.393. The van der Waals surface area contributed by atoms with Crippen LogP contribution in [-0.4, -0.2) is 15.8 Å². The molecule has 0 saturated heterocycles. The zero-order valence-electron chi connectivity index (χ0n) is 15.3. The summed E-state index contributed by atoms with van der Waals surface area (Å²) < 4.78 is 0. The highest BCUT2D eigenvalue weighted by Gasteiger charge is 2.19. The first-order chi connectivity index (χ1) is 13.8. The first-order valence-corrected chi connectivity index (χ1v) is 8.52. The van der Waals surface area contributed by atoms with E-state index < -0.39 is 15.5 Å². The first-order valence-electron chi connectivity index (χ1n) is 8.52. The number of nitro benzene ring substituents is 2. The zero-order valence-corrected chi connectivity index (χ0v) is 15.3. The van der Waals surface area contributed by atoms with E-state index in [0.717, 1.165) is 11.6 Å². The predicted molar refractivity (Wildman–Crippen MR) is 109 cm³/mol. The van der Waals surface area contributed by atoms with E-state index in [-0.39, 0.29) is 17.3 Å². The van der Waals surface area contributed by atoms with E-state index in [4.69, 9.17) is 0 Å². The number of hydrogen-bond acceptors (Lipinski definition) is 6. The van der Waals surface area contributed by atoms with Gasteiger partial charge in [0.2, 0.25) is 0 Å². The number of anilines is 3. The van der Waals surface area contributed by atoms with Gasteiger partial charge >= 0.3 is 0 Å². The van der Waals surface area contributed by atoms with E-state index in [1.165, 1.54) is 12.1 Å². The molecule has 0 fully saturated rings. The van der Waals surface area contributed by atoms with Gasteiger partial charge in [0, 0.05) is 23.0 Å². The maximum Gasteiger partial charge on any atom is 0.299 e. The number of carbonyl (C=O) groups excluding carboxylic acids is 1. The van der Waals surface area contributed by atoms with Crippen LogP contribution in [0, 0.1) is 27.2 Å². The second kappa shape index (κ2) is 8.17. The van der Waals surface area contributed by atoms with Crippen LogP contribution in [0.1, 0.15) is 15.9 Å². The lowest BCUT2D eigenvalue weighted by Crippen LogP contribution is -2.12. The number of nitro groups is 2. The van der Waals surface area contributed by atoms with E-state index in [9.17, 15) is 25.0 Å². The van der Waals surface area contributed by atoms with Gasteiger partial charge in [-0.05, 0) is 42.8 Å². The van der Waals surface area contributed by atoms with E-state index in [0.29, 0.717) is 16.9 Å². The van der Waals surface area contributed by atoms with Crippen LogP contribution in [0.4, 0.5) is 28.4 Å². The minimum absolute atomic E-state index is 0.0806. The number of hydrogen-bond donors (Lipinski definition) is 2. The van der Waals surface area contributed by atoms with Gasteiger partial charge in [-0.2, -0.15) is 0 Å². The molecule has 0 aliphatic carbocycles. The van der Waals surface area contributed by atoms with Gasteiger partial charge in [0.05, 0.1) is 15.9 Å². The number of nitrogens with zero attached hydrogens (tertiary/aromatic N) is 2. The van der Waals surface area contributed by atoms with Crippen LogP contribution in [-0.2, 0) is 0 Å². The number of aryl methyl sites for hydroxylation is 1. The molecule has 1 amide bonds. The molecule has 3 aromatic rings. The van der Waals surface area contributed by atoms with Gasteiger partial charge in [0.25, 0.3) is 17.3 Å². The van der Waals surface area contributed by atoms with Crippen LogP contribution in [0.25, 0.3) is 0 Å². The van der Waals surface area contributed by atoms with Crippen molar-refractivity contribution >= 4 is 34.3 Å². The fourth-order valence-electron chi connectivity index (χ4n) is 2.69. The van der Waals surface area contributed by atoms with Gasteiger partial charge < -0.3 is 10.6 Å². The quantitative estimate of drug-likeness (QED) is 0.458. The molecule has 0 unspecified atom stereocenters. The molecule has 0 aromatic heterocycles. The van der Waals surface area contributed by atoms with Crippen molar-refractivity contribution < 1.29 is 14.6 Å². The van der Waals surface area contributed by atoms with Gasteiger partial charge in [-0.1, -0.05) is 24.3 Å². The summed E-state index contributed by atoms with van der Waals surface area (Å²) >= 11 is 0. The molecule has 9 nitrogen and oxygen atoms in total. The monoisotopic (exact) mass is 392 g/mol. The van der Waals surface area contributed by atoms with E-state index in [2.05, 4.69) is 10.6 Å². The molecule has 0 heterocycles. The normalized spacial score (nSPS) is 10.2. The van der Waals surface area contributed by atoms with Crippen molar-refractivity contribution in [1.29, 1.82) is 0 Å². The van der Waals surface area contributed by atoms with Crippen molar-refractivity contribution in [2.75, 3.05) is 10.6 Å². The Labute approximate surface area is 165 Å². The van der Waals surface area contributed by atoms with Gasteiger partial charge in [-0.15, -0.1) is 0 Å². The third kappa shape index (κ3) is 4.53. The summed E-state index contributed by atoms with van der Waals surface area (Å²) in [5.41, 5.74) is 1.64. The fraction of sp³-hybridized carbons (Fsp3) is 0.0500. The maximum atomic E-state index is 12.5. The van der Waals surface area contributed by atoms with Crippen molar-refractivity contribution in [3.8, 4) is 0 Å². The Balaban J connectivity index is 1.85. The highest BCUT2D eigenvalue weighted by atomic mass is 16.6. The summed E-state index contributed by atoms with van der Waals surface area (Å²) in [4.78, 5) is 33.3. The van der Waals surface area contributed by atoms with E-state index in [1.807, 2.05) is 25.1 Å². The minimum Gasteiger partial charge on any atom is -0.350 e. The summed E-state index contributed by atoms with van der Waals surface area (Å²) in [6.45, 7) is 1.88. The summed E-state index contributed by atoms with van der Waals surface area (Å²) in [5, 5.41) is 27.8. The van der Waals surface area contributed by atoms with Crippen LogP contribution >= 0.6 is 0 Å². The smallest absolute Gasteiger partial charge is 0.299 e. The second-order valence-corrected chi connectivity index (χ2v) is 6.19. The molecule has 146 valence electrons. The molecular formula is C20H16N4O5. The number of rotatable bonds is 6. The second-order valence-electron chi connectivity index (χ2n) is 6.19. The number of benzene rings is 3. The SMILES string of the molecule is Cc1ccccc1NC(=O)c1cccc(Nc2ccc([N+](=O)[O-])cc2[N+](=O)[O-])c1. The molecule has 0 spiro atoms. The average molecular weight is 392 g/mol. The van der Waals surface area contributed by atoms with Gasteiger partial charge in [-0.25, -0.2) is 0 Å². The number of para-hydroxylation sites is 1. The van der Waals surface area contributed by atoms with E-state index >= 15 is 0 Å². The van der Waals surface area contributed by atoms with Gasteiger partial charge in [0.15, 0.2) is 0 Å². The minimum atomic E-state index is -0.704. The Hall–Kier alpha value is -4.27. The third-order valence-electron chi connectivity index (χ3n) is 4.19. The number of carbonyl (C=O) groups is 1. The lowest BCUT2D eigenvalue weighted by atomic mass is 10.1. The Morgan fingerprint density at radius 3 is 2.31 bits per heavy atom. The molecule has 29 heavy (non-hydrogen) atoms. The standard InChI is InChI=1S/C20H16N4O5/c1-13-5-2-3-8-17(13)22-20(25)14-6-4-7-15(11-14)21-18-10-9-16(23(26)27)12-19(18)24(28)29/h2-12,21H,1H3,(H,22,25). The molecule has 9 heteroatoms. The first kappa shape index (κ1) is 19.5. The maximum absolute atomic E-state index is 12.5. The molecule has 2 N–H and O–H groups in total. The molecule has 0 atom stereocenters. The van der Waals surface area contributed by atoms with Gasteiger partial charge in [0.1, 0.15) is 5.69 Å². The van der Waals surface area contributed by atoms with Gasteiger partial charge in [-0.3, -0.25) is 25.0 Å². The van der Waals surface area contributed by atoms with Crippen molar-refractivity contribution in [1.82, 2.24) is 0 Å². The lowest BCUT2D eigenvalue weighted by Gasteiger charge is -2.10. The fourth-order valence-corrected chi connectivity index (χ4v) is 2.69. The number of nitrogens with one attached hydrogen (secondary N) is 2. The molecule has 0 aliphatic heterocycles. The topological polar surface area (TPSA) is 127 Å². The van der Waals surface area contributed by atoms with Crippen LogP contribution in [0.5, 0.6) is 0 Å². The van der Waals surface area contributed by atoms with Crippen LogP contribution < -0.4 is 10.6 Å². The predicted octanol–water partition coefficient (Wildman–Crippen LogP) is 4.81. The Bertz CT molecular complexity index is 1110. The summed E-state index contributed by atoms with van der Waals surface area (Å²) in [7, 11) is 0. The third-order valence-corrected chi connectivity index (χ3v) is 4.19. The van der Waals surface area contributed by atoms with Crippen molar-refractivity contribution in [2.24, 2.45) is 0 Å². The molecule has 3 rings (SSSR count). The zero-order chi connectivity index (χ0) is 21.0. The number of amides is 1.